The minimum atomic E-state index is 0.185. The van der Waals surface area contributed by atoms with Crippen molar-refractivity contribution in [1.82, 2.24) is 4.73 Å². The molecule has 0 saturated heterocycles. The zero-order valence-electron chi connectivity index (χ0n) is 13.4. The van der Waals surface area contributed by atoms with Gasteiger partial charge in [0.15, 0.2) is 11.5 Å². The van der Waals surface area contributed by atoms with E-state index in [1.807, 2.05) is 60.8 Å². The van der Waals surface area contributed by atoms with Crippen molar-refractivity contribution in [3.8, 4) is 5.75 Å². The first-order valence-corrected chi connectivity index (χ1v) is 8.16. The molecule has 23 heavy (non-hydrogen) atoms. The van der Waals surface area contributed by atoms with Crippen LogP contribution in [0.4, 0.5) is 0 Å². The largest absolute Gasteiger partial charge is 0.375 e. The maximum Gasteiger partial charge on any atom is 0.165 e. The first kappa shape index (κ1) is 15.3. The van der Waals surface area contributed by atoms with Crippen LogP contribution in [0.1, 0.15) is 43.0 Å². The summed E-state index contributed by atoms with van der Waals surface area (Å²) in [6.07, 6.45) is 5.55. The molecular formula is C20H21NO2. The fourth-order valence-corrected chi connectivity index (χ4v) is 2.71. The average molecular weight is 307 g/mol. The summed E-state index contributed by atoms with van der Waals surface area (Å²) >= 11 is 0. The highest BCUT2D eigenvalue weighted by molar-refractivity contribution is 6.08. The summed E-state index contributed by atoms with van der Waals surface area (Å²) in [5, 5.41) is 0.949. The highest BCUT2D eigenvalue weighted by atomic mass is 16.7. The molecule has 0 radical (unpaired) electrons. The number of nitrogens with zero attached hydrogens (tertiary/aromatic N) is 1. The summed E-state index contributed by atoms with van der Waals surface area (Å²) in [5.74, 6) is 0.934. The van der Waals surface area contributed by atoms with Gasteiger partial charge in [0.2, 0.25) is 0 Å². The number of hydrogen-bond donors (Lipinski definition) is 0. The van der Waals surface area contributed by atoms with Crippen LogP contribution in [0, 0.1) is 0 Å². The highest BCUT2D eigenvalue weighted by Gasteiger charge is 2.15. The maximum atomic E-state index is 12.5. The zero-order valence-corrected chi connectivity index (χ0v) is 13.4. The molecule has 3 heteroatoms. The van der Waals surface area contributed by atoms with Crippen molar-refractivity contribution >= 4 is 16.7 Å². The highest BCUT2D eigenvalue weighted by Crippen LogP contribution is 2.24. The van der Waals surface area contributed by atoms with E-state index in [0.29, 0.717) is 6.42 Å². The van der Waals surface area contributed by atoms with Crippen LogP contribution in [-0.4, -0.2) is 10.5 Å². The molecule has 0 aliphatic carbocycles. The van der Waals surface area contributed by atoms with E-state index < -0.39 is 0 Å². The van der Waals surface area contributed by atoms with E-state index in [2.05, 4.69) is 6.92 Å². The topological polar surface area (TPSA) is 31.2 Å². The van der Waals surface area contributed by atoms with Crippen LogP contribution in [0.25, 0.3) is 10.9 Å². The van der Waals surface area contributed by atoms with E-state index >= 15 is 0 Å². The molecular weight excluding hydrogens is 286 g/mol. The van der Waals surface area contributed by atoms with Crippen molar-refractivity contribution in [2.24, 2.45) is 0 Å². The van der Waals surface area contributed by atoms with Gasteiger partial charge in [-0.25, -0.2) is 0 Å². The third kappa shape index (κ3) is 3.45. The number of carbonyl (C=O) groups is 1. The molecule has 0 amide bonds. The van der Waals surface area contributed by atoms with E-state index in [9.17, 15) is 4.79 Å². The lowest BCUT2D eigenvalue weighted by Gasteiger charge is -2.06. The number of hydrogen-bond acceptors (Lipinski definition) is 2. The van der Waals surface area contributed by atoms with Gasteiger partial charge in [-0.1, -0.05) is 56.2 Å². The predicted octanol–water partition coefficient (Wildman–Crippen LogP) is 5.25. The van der Waals surface area contributed by atoms with E-state index in [0.717, 1.165) is 41.5 Å². The lowest BCUT2D eigenvalue weighted by molar-refractivity contribution is 0.0979. The Morgan fingerprint density at radius 1 is 1.00 bits per heavy atom. The number of ketones is 1. The Morgan fingerprint density at radius 3 is 2.52 bits per heavy atom. The summed E-state index contributed by atoms with van der Waals surface area (Å²) < 4.78 is 1.69. The minimum absolute atomic E-state index is 0.185. The molecule has 118 valence electrons. The molecule has 2 aromatic carbocycles. The molecule has 0 saturated carbocycles. The SMILES string of the molecule is CCCCCC(=O)c1cn(Oc2ccccc2)c2ccccc12. The number of benzene rings is 2. The van der Waals surface area contributed by atoms with Gasteiger partial charge in [0.25, 0.3) is 0 Å². The van der Waals surface area contributed by atoms with Crippen molar-refractivity contribution in [2.75, 3.05) is 0 Å². The van der Waals surface area contributed by atoms with Crippen LogP contribution in [0.2, 0.25) is 0 Å². The average Bonchev–Trinajstić information content (AvgIpc) is 2.95. The van der Waals surface area contributed by atoms with E-state index in [1.165, 1.54) is 0 Å². The van der Waals surface area contributed by atoms with Gasteiger partial charge >= 0.3 is 0 Å². The Morgan fingerprint density at radius 2 is 1.74 bits per heavy atom. The number of para-hydroxylation sites is 2. The Balaban J connectivity index is 1.92. The molecule has 0 fully saturated rings. The van der Waals surface area contributed by atoms with Gasteiger partial charge in [0.1, 0.15) is 0 Å². The lowest BCUT2D eigenvalue weighted by Crippen LogP contribution is -2.03. The van der Waals surface area contributed by atoms with Crippen molar-refractivity contribution in [3.05, 3.63) is 66.4 Å². The smallest absolute Gasteiger partial charge is 0.165 e. The summed E-state index contributed by atoms with van der Waals surface area (Å²) in [6.45, 7) is 2.14. The number of unbranched alkanes of at least 4 members (excludes halogenated alkanes) is 2. The first-order valence-electron chi connectivity index (χ1n) is 8.16. The van der Waals surface area contributed by atoms with Gasteiger partial charge in [-0.15, -0.1) is 0 Å². The van der Waals surface area contributed by atoms with Gasteiger partial charge < -0.3 is 4.84 Å². The fourth-order valence-electron chi connectivity index (χ4n) is 2.71. The van der Waals surface area contributed by atoms with Crippen molar-refractivity contribution in [2.45, 2.75) is 32.6 Å². The molecule has 3 nitrogen and oxygen atoms in total. The molecule has 3 rings (SSSR count). The van der Waals surface area contributed by atoms with E-state index in [-0.39, 0.29) is 5.78 Å². The minimum Gasteiger partial charge on any atom is -0.375 e. The van der Waals surface area contributed by atoms with E-state index in [4.69, 9.17) is 4.84 Å². The van der Waals surface area contributed by atoms with Crippen LogP contribution in [-0.2, 0) is 0 Å². The third-order valence-electron chi connectivity index (χ3n) is 3.93. The second kappa shape index (κ2) is 7.14. The first-order chi connectivity index (χ1) is 11.3. The quantitative estimate of drug-likeness (QED) is 0.441. The molecule has 3 aromatic rings. The molecule has 0 unspecified atom stereocenters. The number of aromatic nitrogens is 1. The monoisotopic (exact) mass is 307 g/mol. The second-order valence-electron chi connectivity index (χ2n) is 5.67. The van der Waals surface area contributed by atoms with Crippen LogP contribution >= 0.6 is 0 Å². The zero-order chi connectivity index (χ0) is 16.1. The number of Topliss-reactive ketones (excluding diaryl/α,β-unsaturated/α-hetero) is 1. The third-order valence-corrected chi connectivity index (χ3v) is 3.93. The number of rotatable bonds is 7. The van der Waals surface area contributed by atoms with Crippen LogP contribution < -0.4 is 4.84 Å². The van der Waals surface area contributed by atoms with Crippen LogP contribution in [0.3, 0.4) is 0 Å². The summed E-state index contributed by atoms with van der Waals surface area (Å²) in [4.78, 5) is 18.4. The van der Waals surface area contributed by atoms with Crippen molar-refractivity contribution < 1.29 is 9.63 Å². The van der Waals surface area contributed by atoms with E-state index in [1.54, 1.807) is 4.73 Å². The Labute approximate surface area is 136 Å². The normalized spacial score (nSPS) is 10.8. The Kier molecular flexibility index (Phi) is 4.77. The summed E-state index contributed by atoms with van der Waals surface area (Å²) in [5.41, 5.74) is 1.66. The lowest BCUT2D eigenvalue weighted by atomic mass is 10.0. The van der Waals surface area contributed by atoms with Crippen LogP contribution in [0.5, 0.6) is 5.75 Å². The standard InChI is InChI=1S/C20H21NO2/c1-2-3-5-14-20(22)18-15-21(19-13-9-8-12-17(18)19)23-16-10-6-4-7-11-16/h4,6-13,15H,2-3,5,14H2,1H3. The molecule has 0 spiro atoms. The molecule has 0 atom stereocenters. The van der Waals surface area contributed by atoms with Gasteiger partial charge in [0, 0.05) is 17.4 Å². The van der Waals surface area contributed by atoms with Gasteiger partial charge in [-0.05, 0) is 24.6 Å². The molecule has 1 aromatic heterocycles. The van der Waals surface area contributed by atoms with Gasteiger partial charge in [0.05, 0.1) is 11.7 Å². The Hall–Kier alpha value is -2.55. The molecule has 0 aliphatic rings. The predicted molar refractivity (Wildman–Crippen MR) is 92.9 cm³/mol. The Bertz CT molecular complexity index is 790. The van der Waals surface area contributed by atoms with Crippen molar-refractivity contribution in [1.29, 1.82) is 0 Å². The number of carbonyl (C=O) groups excluding carboxylic acids is 1. The molecule has 0 aliphatic heterocycles. The number of fused-ring (bicyclic) bond motifs is 1. The molecule has 1 heterocycles. The fraction of sp³-hybridized carbons (Fsp3) is 0.250. The summed E-state index contributed by atoms with van der Waals surface area (Å²) in [7, 11) is 0. The molecule has 0 bridgehead atoms. The van der Waals surface area contributed by atoms with Gasteiger partial charge in [-0.2, -0.15) is 4.73 Å². The van der Waals surface area contributed by atoms with Crippen LogP contribution in [0.15, 0.2) is 60.8 Å². The maximum absolute atomic E-state index is 12.5. The molecule has 0 N–H and O–H groups in total. The van der Waals surface area contributed by atoms with Gasteiger partial charge in [-0.3, -0.25) is 4.79 Å². The van der Waals surface area contributed by atoms with Crippen molar-refractivity contribution in [3.63, 3.8) is 0 Å². The second-order valence-corrected chi connectivity index (χ2v) is 5.67. The summed E-state index contributed by atoms with van der Waals surface area (Å²) in [6, 6.07) is 17.5.